The van der Waals surface area contributed by atoms with Crippen molar-refractivity contribution in [2.75, 3.05) is 13.1 Å². The third-order valence-corrected chi connectivity index (χ3v) is 3.32. The Morgan fingerprint density at radius 1 is 1.64 bits per heavy atom. The molecule has 0 radical (unpaired) electrons. The number of nitrogens with zero attached hydrogens (tertiary/aromatic N) is 4. The van der Waals surface area contributed by atoms with E-state index < -0.39 is 0 Å². The highest BCUT2D eigenvalue weighted by molar-refractivity contribution is 9.09. The molecule has 1 unspecified atom stereocenters. The van der Waals surface area contributed by atoms with E-state index in [-0.39, 0.29) is 0 Å². The molecule has 1 aliphatic rings. The number of alkyl halides is 1. The lowest BCUT2D eigenvalue weighted by Crippen LogP contribution is -2.22. The molecule has 1 aromatic rings. The summed E-state index contributed by atoms with van der Waals surface area (Å²) >= 11 is 3.63. The van der Waals surface area contributed by atoms with Crippen molar-refractivity contribution in [2.45, 2.75) is 31.3 Å². The van der Waals surface area contributed by atoms with E-state index in [0.717, 1.165) is 32.0 Å². The fraction of sp³-hybridized carbons (Fsp3) is 0.778. The van der Waals surface area contributed by atoms with Crippen LogP contribution in [0.1, 0.15) is 19.2 Å². The lowest BCUT2D eigenvalue weighted by atomic mass is 10.4. The molecule has 0 saturated carbocycles. The zero-order valence-electron chi connectivity index (χ0n) is 8.36. The van der Waals surface area contributed by atoms with Gasteiger partial charge in [-0.1, -0.05) is 15.9 Å². The van der Waals surface area contributed by atoms with Crippen LogP contribution in [0, 0.1) is 0 Å². The summed E-state index contributed by atoms with van der Waals surface area (Å²) < 4.78 is 1.96. The maximum Gasteiger partial charge on any atom is 0.140 e. The van der Waals surface area contributed by atoms with Gasteiger partial charge in [0.25, 0.3) is 0 Å². The Kier molecular flexibility index (Phi) is 3.18. The Hall–Kier alpha value is -0.420. The number of halogens is 1. The van der Waals surface area contributed by atoms with Crippen LogP contribution in [-0.2, 0) is 13.1 Å². The van der Waals surface area contributed by atoms with Gasteiger partial charge in [0, 0.05) is 17.9 Å². The standard InChI is InChI=1S/C9H15BrN4/c1-2-14-9(11-7-12-14)6-13-4-3-8(10)5-13/h7-8H,2-6H2,1H3. The van der Waals surface area contributed by atoms with E-state index in [4.69, 9.17) is 0 Å². The average Bonchev–Trinajstić information content (AvgIpc) is 2.76. The quantitative estimate of drug-likeness (QED) is 0.766. The number of likely N-dealkylation sites (tertiary alicyclic amines) is 1. The van der Waals surface area contributed by atoms with Crippen molar-refractivity contribution >= 4 is 15.9 Å². The van der Waals surface area contributed by atoms with Crippen molar-refractivity contribution < 1.29 is 0 Å². The first-order valence-corrected chi connectivity index (χ1v) is 5.94. The highest BCUT2D eigenvalue weighted by atomic mass is 79.9. The molecular weight excluding hydrogens is 244 g/mol. The minimum absolute atomic E-state index is 0.653. The molecule has 1 fully saturated rings. The zero-order chi connectivity index (χ0) is 9.97. The first-order valence-electron chi connectivity index (χ1n) is 5.02. The van der Waals surface area contributed by atoms with Gasteiger partial charge in [0.15, 0.2) is 0 Å². The van der Waals surface area contributed by atoms with Crippen LogP contribution >= 0.6 is 15.9 Å². The van der Waals surface area contributed by atoms with E-state index in [1.165, 1.54) is 6.42 Å². The Labute approximate surface area is 92.4 Å². The van der Waals surface area contributed by atoms with E-state index in [9.17, 15) is 0 Å². The largest absolute Gasteiger partial charge is 0.295 e. The highest BCUT2D eigenvalue weighted by Crippen LogP contribution is 2.17. The number of hydrogen-bond acceptors (Lipinski definition) is 3. The van der Waals surface area contributed by atoms with Crippen molar-refractivity contribution in [1.29, 1.82) is 0 Å². The summed E-state index contributed by atoms with van der Waals surface area (Å²) in [5.41, 5.74) is 0. The molecular formula is C9H15BrN4. The van der Waals surface area contributed by atoms with E-state index >= 15 is 0 Å². The van der Waals surface area contributed by atoms with E-state index in [2.05, 4.69) is 37.8 Å². The van der Waals surface area contributed by atoms with Gasteiger partial charge >= 0.3 is 0 Å². The fourth-order valence-corrected chi connectivity index (χ4v) is 2.42. The molecule has 2 rings (SSSR count). The smallest absolute Gasteiger partial charge is 0.140 e. The lowest BCUT2D eigenvalue weighted by Gasteiger charge is -2.14. The second-order valence-electron chi connectivity index (χ2n) is 3.61. The molecule has 2 heterocycles. The first-order chi connectivity index (χ1) is 6.79. The Bertz CT molecular complexity index is 299. The molecule has 1 atom stereocenters. The SMILES string of the molecule is CCn1ncnc1CN1CCC(Br)C1. The van der Waals surface area contributed by atoms with Crippen LogP contribution in [0.5, 0.6) is 0 Å². The molecule has 1 aliphatic heterocycles. The summed E-state index contributed by atoms with van der Waals surface area (Å²) in [5, 5.41) is 4.16. The molecule has 0 bridgehead atoms. The molecule has 4 nitrogen and oxygen atoms in total. The molecule has 5 heteroatoms. The average molecular weight is 259 g/mol. The molecule has 14 heavy (non-hydrogen) atoms. The maximum atomic E-state index is 4.27. The van der Waals surface area contributed by atoms with Crippen LogP contribution in [0.3, 0.4) is 0 Å². The molecule has 1 aromatic heterocycles. The van der Waals surface area contributed by atoms with Gasteiger partial charge in [-0.2, -0.15) is 5.10 Å². The van der Waals surface area contributed by atoms with Crippen molar-refractivity contribution in [2.24, 2.45) is 0 Å². The zero-order valence-corrected chi connectivity index (χ0v) is 9.94. The molecule has 78 valence electrons. The maximum absolute atomic E-state index is 4.27. The van der Waals surface area contributed by atoms with Gasteiger partial charge in [0.2, 0.25) is 0 Å². The summed E-state index contributed by atoms with van der Waals surface area (Å²) in [6, 6.07) is 0. The third-order valence-electron chi connectivity index (χ3n) is 2.58. The Morgan fingerprint density at radius 3 is 3.14 bits per heavy atom. The van der Waals surface area contributed by atoms with Gasteiger partial charge in [-0.15, -0.1) is 0 Å². The van der Waals surface area contributed by atoms with Crippen LogP contribution in [0.25, 0.3) is 0 Å². The van der Waals surface area contributed by atoms with E-state index in [1.807, 2.05) is 4.68 Å². The van der Waals surface area contributed by atoms with Gasteiger partial charge in [-0.3, -0.25) is 4.90 Å². The predicted molar refractivity (Wildman–Crippen MR) is 58.3 cm³/mol. The van der Waals surface area contributed by atoms with Crippen molar-refractivity contribution in [3.8, 4) is 0 Å². The van der Waals surface area contributed by atoms with Crippen molar-refractivity contribution in [3.63, 3.8) is 0 Å². The lowest BCUT2D eigenvalue weighted by molar-refractivity contribution is 0.315. The predicted octanol–water partition coefficient (Wildman–Crippen LogP) is 1.27. The molecule has 0 amide bonds. The van der Waals surface area contributed by atoms with Crippen LogP contribution in [0.2, 0.25) is 0 Å². The third kappa shape index (κ3) is 2.15. The van der Waals surface area contributed by atoms with E-state index in [0.29, 0.717) is 4.83 Å². The van der Waals surface area contributed by atoms with Crippen LogP contribution < -0.4 is 0 Å². The number of hydrogen-bond donors (Lipinski definition) is 0. The topological polar surface area (TPSA) is 34.0 Å². The number of aryl methyl sites for hydroxylation is 1. The monoisotopic (exact) mass is 258 g/mol. The van der Waals surface area contributed by atoms with Crippen LogP contribution in [-0.4, -0.2) is 37.6 Å². The first kappa shape index (κ1) is 10.1. The molecule has 1 saturated heterocycles. The molecule has 0 aliphatic carbocycles. The number of aromatic nitrogens is 3. The fourth-order valence-electron chi connectivity index (χ4n) is 1.80. The minimum Gasteiger partial charge on any atom is -0.295 e. The van der Waals surface area contributed by atoms with Crippen molar-refractivity contribution in [3.05, 3.63) is 12.2 Å². The molecule has 0 N–H and O–H groups in total. The van der Waals surface area contributed by atoms with Gasteiger partial charge in [-0.25, -0.2) is 9.67 Å². The second kappa shape index (κ2) is 4.40. The van der Waals surface area contributed by atoms with Crippen LogP contribution in [0.15, 0.2) is 6.33 Å². The van der Waals surface area contributed by atoms with Gasteiger partial charge < -0.3 is 0 Å². The summed E-state index contributed by atoms with van der Waals surface area (Å²) in [6.07, 6.45) is 2.88. The second-order valence-corrected chi connectivity index (χ2v) is 4.91. The van der Waals surface area contributed by atoms with Gasteiger partial charge in [-0.05, 0) is 19.9 Å². The van der Waals surface area contributed by atoms with Gasteiger partial charge in [0.1, 0.15) is 12.2 Å². The summed E-state index contributed by atoms with van der Waals surface area (Å²) in [4.78, 5) is 7.34. The summed E-state index contributed by atoms with van der Waals surface area (Å²) in [6.45, 7) is 6.20. The molecule has 0 spiro atoms. The normalized spacial score (nSPS) is 23.1. The Morgan fingerprint density at radius 2 is 2.50 bits per heavy atom. The van der Waals surface area contributed by atoms with Crippen molar-refractivity contribution in [1.82, 2.24) is 19.7 Å². The highest BCUT2D eigenvalue weighted by Gasteiger charge is 2.21. The van der Waals surface area contributed by atoms with E-state index in [1.54, 1.807) is 6.33 Å². The summed E-state index contributed by atoms with van der Waals surface area (Å²) in [5.74, 6) is 1.08. The summed E-state index contributed by atoms with van der Waals surface area (Å²) in [7, 11) is 0. The van der Waals surface area contributed by atoms with Gasteiger partial charge in [0.05, 0.1) is 6.54 Å². The molecule has 0 aromatic carbocycles. The minimum atomic E-state index is 0.653. The van der Waals surface area contributed by atoms with Crippen LogP contribution in [0.4, 0.5) is 0 Å². The number of rotatable bonds is 3. The Balaban J connectivity index is 1.97.